The van der Waals surface area contributed by atoms with Crippen molar-refractivity contribution in [2.24, 2.45) is 0 Å². The molecular weight excluding hydrogens is 433 g/mol. The summed E-state index contributed by atoms with van der Waals surface area (Å²) in [4.78, 5) is 22.2. The van der Waals surface area contributed by atoms with Crippen LogP contribution in [0.15, 0.2) is 35.6 Å². The number of alkyl halides is 3. The third-order valence-electron chi connectivity index (χ3n) is 5.64. The number of carbonyl (C=O) groups excluding carboxylic acids is 1. The average molecular weight is 450 g/mol. The largest absolute Gasteiger partial charge is 0.417 e. The van der Waals surface area contributed by atoms with Crippen LogP contribution in [-0.4, -0.2) is 34.4 Å². The van der Waals surface area contributed by atoms with Gasteiger partial charge in [0.15, 0.2) is 20.7 Å². The second-order valence-electron chi connectivity index (χ2n) is 7.72. The molecule has 4 heterocycles. The lowest BCUT2D eigenvalue weighted by molar-refractivity contribution is -0.137. The van der Waals surface area contributed by atoms with Gasteiger partial charge in [-0.3, -0.25) is 19.1 Å². The minimum atomic E-state index is -4.64. The van der Waals surface area contributed by atoms with E-state index in [9.17, 15) is 26.4 Å². The van der Waals surface area contributed by atoms with Crippen LogP contribution in [0.3, 0.4) is 0 Å². The zero-order chi connectivity index (χ0) is 22.1. The van der Waals surface area contributed by atoms with E-state index in [4.69, 9.17) is 0 Å². The quantitative estimate of drug-likeness (QED) is 0.607. The fraction of sp³-hybridized carbons (Fsp3) is 0.350. The molecule has 1 saturated carbocycles. The molecule has 3 aromatic heterocycles. The van der Waals surface area contributed by atoms with Crippen molar-refractivity contribution in [3.05, 3.63) is 53.0 Å². The molecule has 2 aliphatic rings. The number of halogens is 3. The van der Waals surface area contributed by atoms with E-state index < -0.39 is 27.5 Å². The predicted molar refractivity (Wildman–Crippen MR) is 105 cm³/mol. The van der Waals surface area contributed by atoms with Gasteiger partial charge in [-0.15, -0.1) is 0 Å². The van der Waals surface area contributed by atoms with E-state index in [0.29, 0.717) is 17.8 Å². The molecule has 5 rings (SSSR count). The standard InChI is InChI=1S/C20H17F3N4O3S/c1-2-31(29,30)19-17(25-16-6-5-12(9-26(16)19)11-3-4-11)27-10-15-14(18(27)28)7-13(8-24-15)20(21,22)23/h5-9,11H,2-4,10H2,1H3. The first-order valence-electron chi connectivity index (χ1n) is 9.73. The average Bonchev–Trinajstić information content (AvgIpc) is 3.42. The number of anilines is 1. The van der Waals surface area contributed by atoms with E-state index in [1.54, 1.807) is 12.3 Å². The molecule has 0 atom stereocenters. The fourth-order valence-corrected chi connectivity index (χ4v) is 4.94. The number of rotatable bonds is 4. The van der Waals surface area contributed by atoms with Crippen LogP contribution in [0, 0.1) is 0 Å². The molecule has 0 radical (unpaired) electrons. The number of nitrogens with zero attached hydrogens (tertiary/aromatic N) is 4. The lowest BCUT2D eigenvalue weighted by Crippen LogP contribution is -2.26. The summed E-state index contributed by atoms with van der Waals surface area (Å²) in [7, 11) is -3.81. The first-order valence-corrected chi connectivity index (χ1v) is 11.4. The third kappa shape index (κ3) is 3.18. The Labute approximate surface area is 175 Å². The van der Waals surface area contributed by atoms with Gasteiger partial charge in [0.1, 0.15) is 5.65 Å². The van der Waals surface area contributed by atoms with E-state index in [-0.39, 0.29) is 34.4 Å². The molecule has 1 amide bonds. The van der Waals surface area contributed by atoms with Crippen molar-refractivity contribution >= 4 is 27.2 Å². The van der Waals surface area contributed by atoms with Crippen molar-refractivity contribution in [3.8, 4) is 0 Å². The predicted octanol–water partition coefficient (Wildman–Crippen LogP) is 3.58. The number of sulfone groups is 1. The van der Waals surface area contributed by atoms with Gasteiger partial charge in [-0.2, -0.15) is 13.2 Å². The summed E-state index contributed by atoms with van der Waals surface area (Å²) in [6.07, 6.45) is -0.203. The van der Waals surface area contributed by atoms with Gasteiger partial charge in [-0.25, -0.2) is 13.4 Å². The van der Waals surface area contributed by atoms with Gasteiger partial charge in [-0.1, -0.05) is 13.0 Å². The van der Waals surface area contributed by atoms with Crippen molar-refractivity contribution in [2.45, 2.75) is 43.4 Å². The van der Waals surface area contributed by atoms with Crippen molar-refractivity contribution in [2.75, 3.05) is 10.7 Å². The molecule has 162 valence electrons. The smallest absolute Gasteiger partial charge is 0.288 e. The van der Waals surface area contributed by atoms with Gasteiger partial charge in [-0.05, 0) is 36.5 Å². The van der Waals surface area contributed by atoms with Gasteiger partial charge in [0.25, 0.3) is 5.91 Å². The Morgan fingerprint density at radius 3 is 2.61 bits per heavy atom. The summed E-state index contributed by atoms with van der Waals surface area (Å²) >= 11 is 0. The lowest BCUT2D eigenvalue weighted by atomic mass is 10.1. The summed E-state index contributed by atoms with van der Waals surface area (Å²) < 4.78 is 66.5. The third-order valence-corrected chi connectivity index (χ3v) is 7.37. The Bertz CT molecular complexity index is 1340. The zero-order valence-corrected chi connectivity index (χ0v) is 17.2. The van der Waals surface area contributed by atoms with Crippen LogP contribution in [0.2, 0.25) is 0 Å². The molecule has 0 spiro atoms. The molecule has 0 aromatic carbocycles. The topological polar surface area (TPSA) is 84.6 Å². The second kappa shape index (κ2) is 6.52. The maximum absolute atomic E-state index is 13.1. The van der Waals surface area contributed by atoms with Gasteiger partial charge in [0.05, 0.1) is 29.1 Å². The number of imidazole rings is 1. The van der Waals surface area contributed by atoms with Gasteiger partial charge >= 0.3 is 6.18 Å². The fourth-order valence-electron chi connectivity index (χ4n) is 3.78. The minimum Gasteiger partial charge on any atom is -0.288 e. The first-order chi connectivity index (χ1) is 14.6. The van der Waals surface area contributed by atoms with Gasteiger partial charge in [0.2, 0.25) is 0 Å². The Morgan fingerprint density at radius 2 is 1.97 bits per heavy atom. The van der Waals surface area contributed by atoms with Crippen molar-refractivity contribution in [1.29, 1.82) is 0 Å². The first kappa shape index (κ1) is 20.0. The molecular formula is C20H17F3N4O3S. The number of pyridine rings is 2. The highest BCUT2D eigenvalue weighted by Gasteiger charge is 2.39. The van der Waals surface area contributed by atoms with E-state index in [0.717, 1.165) is 29.4 Å². The Hall–Kier alpha value is -2.95. The highest BCUT2D eigenvalue weighted by Crippen LogP contribution is 2.41. The van der Waals surface area contributed by atoms with Crippen LogP contribution < -0.4 is 4.90 Å². The number of hydrogen-bond acceptors (Lipinski definition) is 5. The maximum atomic E-state index is 13.1. The monoisotopic (exact) mass is 450 g/mol. The van der Waals surface area contributed by atoms with Crippen molar-refractivity contribution < 1.29 is 26.4 Å². The Morgan fingerprint density at radius 1 is 1.23 bits per heavy atom. The number of fused-ring (bicyclic) bond motifs is 2. The minimum absolute atomic E-state index is 0.0913. The molecule has 3 aromatic rings. The van der Waals surface area contributed by atoms with Gasteiger partial charge in [0, 0.05) is 12.4 Å². The second-order valence-corrected chi connectivity index (χ2v) is 9.91. The molecule has 31 heavy (non-hydrogen) atoms. The molecule has 7 nitrogen and oxygen atoms in total. The highest BCUT2D eigenvalue weighted by molar-refractivity contribution is 7.91. The van der Waals surface area contributed by atoms with E-state index in [1.165, 1.54) is 11.3 Å². The molecule has 1 aliphatic heterocycles. The van der Waals surface area contributed by atoms with Crippen LogP contribution >= 0.6 is 0 Å². The lowest BCUT2D eigenvalue weighted by Gasteiger charge is -2.14. The number of amides is 1. The molecule has 11 heteroatoms. The molecule has 0 saturated heterocycles. The molecule has 1 aliphatic carbocycles. The Kier molecular flexibility index (Phi) is 4.20. The van der Waals surface area contributed by atoms with Crippen LogP contribution in [0.4, 0.5) is 19.0 Å². The number of hydrogen-bond donors (Lipinski definition) is 0. The van der Waals surface area contributed by atoms with Gasteiger partial charge < -0.3 is 0 Å². The Balaban J connectivity index is 1.66. The summed E-state index contributed by atoms with van der Waals surface area (Å²) in [5, 5.41) is -0.135. The van der Waals surface area contributed by atoms with Crippen LogP contribution in [0.25, 0.3) is 5.65 Å². The summed E-state index contributed by atoms with van der Waals surface area (Å²) in [5.74, 6) is -0.694. The molecule has 0 N–H and O–H groups in total. The van der Waals surface area contributed by atoms with Crippen LogP contribution in [-0.2, 0) is 22.6 Å². The van der Waals surface area contributed by atoms with E-state index in [2.05, 4.69) is 9.97 Å². The van der Waals surface area contributed by atoms with Crippen molar-refractivity contribution in [1.82, 2.24) is 14.4 Å². The number of carbonyl (C=O) groups is 1. The van der Waals surface area contributed by atoms with Crippen LogP contribution in [0.5, 0.6) is 0 Å². The number of aromatic nitrogens is 3. The SMILES string of the molecule is CCS(=O)(=O)c1c(N2Cc3ncc(C(F)(F)F)cc3C2=O)nc2ccc(C3CC3)cn12. The van der Waals surface area contributed by atoms with E-state index >= 15 is 0 Å². The van der Waals surface area contributed by atoms with E-state index in [1.807, 2.05) is 6.07 Å². The summed E-state index contributed by atoms with van der Waals surface area (Å²) in [5.41, 5.74) is 0.238. The molecule has 0 bridgehead atoms. The normalized spacial score (nSPS) is 16.9. The summed E-state index contributed by atoms with van der Waals surface area (Å²) in [6, 6.07) is 4.32. The maximum Gasteiger partial charge on any atom is 0.417 e. The highest BCUT2D eigenvalue weighted by atomic mass is 32.2. The van der Waals surface area contributed by atoms with Crippen molar-refractivity contribution in [3.63, 3.8) is 0 Å². The zero-order valence-electron chi connectivity index (χ0n) is 16.3. The molecule has 0 unspecified atom stereocenters. The summed E-state index contributed by atoms with van der Waals surface area (Å²) in [6.45, 7) is 1.33. The molecule has 1 fully saturated rings. The van der Waals surface area contributed by atoms with Crippen LogP contribution in [0.1, 0.15) is 52.9 Å².